The number of fused-ring (bicyclic) bond motifs is 1. The highest BCUT2D eigenvalue weighted by atomic mass is 16.6. The topological polar surface area (TPSA) is 240 Å². The van der Waals surface area contributed by atoms with Gasteiger partial charge in [-0.3, -0.25) is 24.0 Å². The van der Waals surface area contributed by atoms with Gasteiger partial charge in [0, 0.05) is 54.4 Å². The van der Waals surface area contributed by atoms with Crippen LogP contribution in [0.2, 0.25) is 0 Å². The monoisotopic (exact) mass is 1080 g/mol. The van der Waals surface area contributed by atoms with E-state index in [2.05, 4.69) is 67.9 Å². The Morgan fingerprint density at radius 2 is 1.62 bits per heavy atom. The number of cyclic esters (lactones) is 1. The lowest BCUT2D eigenvalue weighted by atomic mass is 9.82. The molecule has 0 spiro atoms. The van der Waals surface area contributed by atoms with Gasteiger partial charge in [-0.25, -0.2) is 19.7 Å². The molecule has 2 aromatic heterocycles. The fourth-order valence-electron chi connectivity index (χ4n) is 9.45. The number of rotatable bonds is 32. The number of benzene rings is 1. The molecule has 3 atom stereocenters. The van der Waals surface area contributed by atoms with E-state index in [1.807, 2.05) is 47.6 Å². The van der Waals surface area contributed by atoms with Crippen molar-refractivity contribution < 1.29 is 48.1 Å². The number of aliphatic hydroxyl groups is 1. The fourth-order valence-corrected chi connectivity index (χ4v) is 9.45. The number of carbonyl (C=O) groups excluding carboxylic acids is 6. The minimum atomic E-state index is -1.99. The first-order chi connectivity index (χ1) is 37.3. The molecule has 1 aliphatic heterocycles. The molecule has 18 heteroatoms. The summed E-state index contributed by atoms with van der Waals surface area (Å²) in [5.41, 5.74) is 4.10. The normalized spacial score (nSPS) is 15.4. The van der Waals surface area contributed by atoms with Crippen molar-refractivity contribution in [3.05, 3.63) is 75.5 Å². The van der Waals surface area contributed by atoms with Crippen LogP contribution in [0.25, 0.3) is 16.5 Å². The van der Waals surface area contributed by atoms with Crippen LogP contribution in [-0.4, -0.2) is 131 Å². The summed E-state index contributed by atoms with van der Waals surface area (Å²) in [7, 11) is 0. The number of carbonyl (C=O) groups is 6. The highest BCUT2D eigenvalue weighted by molar-refractivity contribution is 6.01. The van der Waals surface area contributed by atoms with Crippen LogP contribution < -0.4 is 26.0 Å². The number of nitrogens with one attached hydrogen (secondary N) is 4. The molecule has 0 saturated carbocycles. The Morgan fingerprint density at radius 1 is 0.897 bits per heavy atom. The first-order valence-electron chi connectivity index (χ1n) is 27.9. The van der Waals surface area contributed by atoms with Gasteiger partial charge in [-0.1, -0.05) is 53.4 Å². The van der Waals surface area contributed by atoms with Gasteiger partial charge in [0.1, 0.15) is 37.0 Å². The highest BCUT2D eigenvalue weighted by Gasteiger charge is 2.45. The molecule has 0 aliphatic carbocycles. The minimum Gasteiger partial charge on any atom is -0.494 e. The Balaban J connectivity index is 1.41. The standard InChI is InChI=1S/C60H86N8O10/c1-12-27-68(28-13-2)29-21-20-25-50(66-58(73)55(39(6)7)67-53(70)26-19-17-18-23-44-34-61-43(11)62-35-44)57(72)63-36-54(71)64-38-76-30-22-24-46-45(14-3)56(65-51-33-52(77-16-5)40(8)31-47(46)51)41(9)32-49-48(42(10)69)37-78-59(74)60(49,75)15-4/h31-35,39,50,55,75H,12-17,19-22,24-30,36-38H2,1-11H3,(H,63,72)(H,64,71)(H,66,73)(H,67,70)/b41-32+/t50-,55?,60-/m0/s1. The average molecular weight is 1080 g/mol. The summed E-state index contributed by atoms with van der Waals surface area (Å²) < 4.78 is 17.1. The number of hydrogen-bond acceptors (Lipinski definition) is 14. The molecule has 78 heavy (non-hydrogen) atoms. The lowest BCUT2D eigenvalue weighted by Gasteiger charge is -2.32. The quantitative estimate of drug-likeness (QED) is 0.0186. The van der Waals surface area contributed by atoms with Gasteiger partial charge < -0.3 is 45.5 Å². The highest BCUT2D eigenvalue weighted by Crippen LogP contribution is 2.37. The Bertz CT molecular complexity index is 2670. The summed E-state index contributed by atoms with van der Waals surface area (Å²) in [4.78, 5) is 95.2. The van der Waals surface area contributed by atoms with Gasteiger partial charge in [0.15, 0.2) is 11.4 Å². The molecule has 1 aromatic carbocycles. The Morgan fingerprint density at radius 3 is 2.26 bits per heavy atom. The molecule has 0 bridgehead atoms. The summed E-state index contributed by atoms with van der Waals surface area (Å²) in [6, 6.07) is 2.15. The Kier molecular flexibility index (Phi) is 26.6. The zero-order valence-corrected chi connectivity index (χ0v) is 48.2. The van der Waals surface area contributed by atoms with Crippen molar-refractivity contribution in [1.29, 1.82) is 0 Å². The van der Waals surface area contributed by atoms with Crippen LogP contribution in [0.5, 0.6) is 5.75 Å². The number of esters is 1. The van der Waals surface area contributed by atoms with Gasteiger partial charge in [0.05, 0.1) is 29.9 Å². The summed E-state index contributed by atoms with van der Waals surface area (Å²) >= 11 is 0. The molecule has 4 amide bonds. The number of Topliss-reactive ketones (excluding diaryl/α,β-unsaturated/α-hetero) is 1. The number of pyridine rings is 1. The number of allylic oxidation sites excluding steroid dienone is 1. The van der Waals surface area contributed by atoms with Crippen LogP contribution >= 0.6 is 0 Å². The molecular weight excluding hydrogens is 993 g/mol. The van der Waals surface area contributed by atoms with Crippen LogP contribution in [0.15, 0.2) is 41.7 Å². The van der Waals surface area contributed by atoms with Crippen LogP contribution in [0.4, 0.5) is 0 Å². The molecule has 3 heterocycles. The number of ether oxygens (including phenoxy) is 3. The third-order valence-electron chi connectivity index (χ3n) is 13.7. The van der Waals surface area contributed by atoms with E-state index in [1.165, 1.54) is 6.92 Å². The van der Waals surface area contributed by atoms with Crippen LogP contribution in [-0.2, 0) is 51.1 Å². The summed E-state index contributed by atoms with van der Waals surface area (Å²) in [5, 5.41) is 23.7. The number of aromatic nitrogens is 3. The van der Waals surface area contributed by atoms with E-state index in [0.29, 0.717) is 85.5 Å². The van der Waals surface area contributed by atoms with Crippen molar-refractivity contribution in [3.63, 3.8) is 0 Å². The second-order valence-electron chi connectivity index (χ2n) is 20.2. The Hall–Kier alpha value is -6.55. The molecule has 1 unspecified atom stereocenters. The maximum absolute atomic E-state index is 13.8. The van der Waals surface area contributed by atoms with Crippen molar-refractivity contribution >= 4 is 51.9 Å². The molecule has 4 rings (SSSR count). The number of amides is 4. The fraction of sp³-hybridized carbons (Fsp3) is 0.583. The van der Waals surface area contributed by atoms with E-state index >= 15 is 0 Å². The van der Waals surface area contributed by atoms with E-state index in [1.54, 1.807) is 32.3 Å². The largest absolute Gasteiger partial charge is 0.494 e. The third-order valence-corrected chi connectivity index (χ3v) is 13.7. The molecule has 18 nitrogen and oxygen atoms in total. The summed E-state index contributed by atoms with van der Waals surface area (Å²) in [5.74, 6) is 4.25. The molecule has 1 aliphatic rings. The average Bonchev–Trinajstić information content (AvgIpc) is 3.49. The molecule has 5 N–H and O–H groups in total. The molecule has 0 fully saturated rings. The minimum absolute atomic E-state index is 0.0112. The predicted octanol–water partition coefficient (Wildman–Crippen LogP) is 6.87. The van der Waals surface area contributed by atoms with Crippen LogP contribution in [0, 0.1) is 31.6 Å². The van der Waals surface area contributed by atoms with Gasteiger partial charge in [-0.05, 0) is 159 Å². The molecular formula is C60H86N8O10. The Labute approximate surface area is 462 Å². The van der Waals surface area contributed by atoms with Crippen molar-refractivity contribution in [1.82, 2.24) is 41.1 Å². The van der Waals surface area contributed by atoms with Gasteiger partial charge in [0.2, 0.25) is 23.6 Å². The number of nitrogens with zero attached hydrogens (tertiary/aromatic N) is 4. The van der Waals surface area contributed by atoms with Gasteiger partial charge in [-0.15, -0.1) is 0 Å². The first kappa shape index (κ1) is 64.0. The number of unbranched alkanes of at least 4 members (excludes halogenated alkanes) is 2. The van der Waals surface area contributed by atoms with Gasteiger partial charge in [0.25, 0.3) is 0 Å². The second-order valence-corrected chi connectivity index (χ2v) is 20.2. The van der Waals surface area contributed by atoms with Crippen molar-refractivity contribution in [2.75, 3.05) is 52.7 Å². The molecule has 0 radical (unpaired) electrons. The van der Waals surface area contributed by atoms with Crippen molar-refractivity contribution in [3.8, 4) is 17.6 Å². The van der Waals surface area contributed by atoms with Gasteiger partial charge >= 0.3 is 5.97 Å². The maximum Gasteiger partial charge on any atom is 0.343 e. The molecule has 0 saturated heterocycles. The predicted molar refractivity (Wildman–Crippen MR) is 302 cm³/mol. The van der Waals surface area contributed by atoms with E-state index < -0.39 is 41.4 Å². The van der Waals surface area contributed by atoms with Crippen molar-refractivity contribution in [2.45, 2.75) is 171 Å². The van der Waals surface area contributed by atoms with Crippen molar-refractivity contribution in [2.24, 2.45) is 5.92 Å². The smallest absolute Gasteiger partial charge is 0.343 e. The second kappa shape index (κ2) is 32.4. The number of aryl methyl sites for hydroxylation is 3. The zero-order valence-electron chi connectivity index (χ0n) is 48.2. The lowest BCUT2D eigenvalue weighted by Crippen LogP contribution is -2.56. The van der Waals surface area contributed by atoms with E-state index in [-0.39, 0.29) is 68.1 Å². The lowest BCUT2D eigenvalue weighted by molar-refractivity contribution is -0.163. The van der Waals surface area contributed by atoms with Crippen LogP contribution in [0.3, 0.4) is 0 Å². The summed E-state index contributed by atoms with van der Waals surface area (Å²) in [6.07, 6.45) is 11.8. The molecule has 426 valence electrons. The van der Waals surface area contributed by atoms with E-state index in [0.717, 1.165) is 61.0 Å². The van der Waals surface area contributed by atoms with E-state index in [4.69, 9.17) is 19.2 Å². The first-order valence-corrected chi connectivity index (χ1v) is 27.9. The van der Waals surface area contributed by atoms with Gasteiger partial charge in [-0.2, -0.15) is 0 Å². The number of hydrogen-bond donors (Lipinski definition) is 5. The maximum atomic E-state index is 13.8. The summed E-state index contributed by atoms with van der Waals surface area (Å²) in [6.45, 7) is 23.5. The number of ketones is 1. The molecule has 3 aromatic rings. The zero-order chi connectivity index (χ0) is 57.4. The van der Waals surface area contributed by atoms with E-state index in [9.17, 15) is 33.9 Å². The SMILES string of the molecule is CCCN(CCC)CCCC[C@H](NC(=O)C(NC(=O)CCCC#Cc1cnc(C)nc1)C(C)C)C(=O)NCC(=O)NCOCCCc1c(CC)c(/C(C)=C/C2=C(C(C)=O)COC(=O)[C@]2(O)CC)nc2cc(OCC)c(C)cc12. The van der Waals surface area contributed by atoms with Crippen LogP contribution in [0.1, 0.15) is 160 Å². The third kappa shape index (κ3) is 18.8.